The number of nitrogens with one attached hydrogen (secondary N) is 2. The van der Waals surface area contributed by atoms with Crippen molar-refractivity contribution >= 4 is 35.6 Å². The van der Waals surface area contributed by atoms with Crippen molar-refractivity contribution in [3.63, 3.8) is 0 Å². The molecule has 0 atom stereocenters. The monoisotopic (exact) mass is 323 g/mol. The molecule has 1 amide bonds. The van der Waals surface area contributed by atoms with Crippen molar-refractivity contribution in [3.05, 3.63) is 58.4 Å². The van der Waals surface area contributed by atoms with Crippen LogP contribution in [0.25, 0.3) is 0 Å². The fraction of sp³-hybridized carbons (Fsp3) is 0.200. The van der Waals surface area contributed by atoms with E-state index in [1.54, 1.807) is 12.1 Å². The quantitative estimate of drug-likeness (QED) is 0.835. The molecule has 0 aliphatic carbocycles. The van der Waals surface area contributed by atoms with E-state index in [0.29, 0.717) is 10.7 Å². The average Bonchev–Trinajstić information content (AvgIpc) is 2.47. The number of carbonyl (C=O) groups is 1. The fourth-order valence-corrected chi connectivity index (χ4v) is 2.48. The molecule has 6 heteroatoms. The summed E-state index contributed by atoms with van der Waals surface area (Å²) in [6.07, 6.45) is 2.55. The van der Waals surface area contributed by atoms with Crippen LogP contribution in [-0.2, 0) is 13.0 Å². The standard InChI is InChI=1S/C15H14ClN3O.ClH/c16-14-8-11(4-6-18-14)15(20)19-13-2-1-10-3-5-17-9-12(10)7-13;/h1-2,4,6-8,17H,3,5,9H2,(H,19,20);1H. The molecule has 0 bridgehead atoms. The van der Waals surface area contributed by atoms with Gasteiger partial charge in [0.05, 0.1) is 0 Å². The molecule has 0 radical (unpaired) electrons. The van der Waals surface area contributed by atoms with Crippen molar-refractivity contribution < 1.29 is 4.79 Å². The minimum absolute atomic E-state index is 0. The number of amides is 1. The van der Waals surface area contributed by atoms with Crippen LogP contribution < -0.4 is 10.6 Å². The first kappa shape index (κ1) is 15.8. The molecule has 21 heavy (non-hydrogen) atoms. The summed E-state index contributed by atoms with van der Waals surface area (Å²) in [7, 11) is 0. The van der Waals surface area contributed by atoms with Gasteiger partial charge in [0.25, 0.3) is 5.91 Å². The summed E-state index contributed by atoms with van der Waals surface area (Å²) in [5, 5.41) is 6.52. The van der Waals surface area contributed by atoms with Crippen molar-refractivity contribution in [1.29, 1.82) is 0 Å². The van der Waals surface area contributed by atoms with Crippen molar-refractivity contribution in [1.82, 2.24) is 10.3 Å². The predicted octanol–water partition coefficient (Wildman–Crippen LogP) is 3.05. The Morgan fingerprint density at radius 1 is 1.24 bits per heavy atom. The van der Waals surface area contributed by atoms with E-state index in [0.717, 1.165) is 25.2 Å². The molecule has 0 unspecified atom stereocenters. The van der Waals surface area contributed by atoms with Crippen LogP contribution in [-0.4, -0.2) is 17.4 Å². The van der Waals surface area contributed by atoms with Gasteiger partial charge in [-0.3, -0.25) is 4.79 Å². The van der Waals surface area contributed by atoms with Gasteiger partial charge in [-0.2, -0.15) is 0 Å². The number of benzene rings is 1. The number of hydrogen-bond acceptors (Lipinski definition) is 3. The molecule has 110 valence electrons. The molecule has 0 fully saturated rings. The molecular weight excluding hydrogens is 309 g/mol. The Labute approximate surface area is 134 Å². The number of aromatic nitrogens is 1. The van der Waals surface area contributed by atoms with E-state index in [-0.39, 0.29) is 18.3 Å². The molecule has 4 nitrogen and oxygen atoms in total. The van der Waals surface area contributed by atoms with Gasteiger partial charge in [0.15, 0.2) is 0 Å². The zero-order valence-corrected chi connectivity index (χ0v) is 12.8. The second-order valence-corrected chi connectivity index (χ2v) is 5.12. The van der Waals surface area contributed by atoms with Gasteiger partial charge in [-0.05, 0) is 48.4 Å². The summed E-state index contributed by atoms with van der Waals surface area (Å²) in [5.74, 6) is -0.182. The van der Waals surface area contributed by atoms with E-state index in [4.69, 9.17) is 11.6 Å². The van der Waals surface area contributed by atoms with Gasteiger partial charge in [-0.15, -0.1) is 12.4 Å². The van der Waals surface area contributed by atoms with Crippen LogP contribution in [0.3, 0.4) is 0 Å². The van der Waals surface area contributed by atoms with Gasteiger partial charge in [0, 0.05) is 24.0 Å². The lowest BCUT2D eigenvalue weighted by Gasteiger charge is -2.18. The van der Waals surface area contributed by atoms with E-state index < -0.39 is 0 Å². The molecule has 0 spiro atoms. The lowest BCUT2D eigenvalue weighted by molar-refractivity contribution is 0.102. The van der Waals surface area contributed by atoms with E-state index in [2.05, 4.69) is 21.7 Å². The molecule has 1 aromatic heterocycles. The third-order valence-corrected chi connectivity index (χ3v) is 3.55. The summed E-state index contributed by atoms with van der Waals surface area (Å²) in [5.41, 5.74) is 3.88. The minimum atomic E-state index is -0.182. The number of rotatable bonds is 2. The second-order valence-electron chi connectivity index (χ2n) is 4.73. The van der Waals surface area contributed by atoms with E-state index in [1.165, 1.54) is 17.3 Å². The molecule has 0 saturated heterocycles. The molecule has 3 rings (SSSR count). The highest BCUT2D eigenvalue weighted by Gasteiger charge is 2.11. The van der Waals surface area contributed by atoms with Crippen LogP contribution in [0.2, 0.25) is 5.15 Å². The van der Waals surface area contributed by atoms with Gasteiger partial charge in [-0.1, -0.05) is 17.7 Å². The second kappa shape index (κ2) is 6.89. The zero-order chi connectivity index (χ0) is 13.9. The summed E-state index contributed by atoms with van der Waals surface area (Å²) in [6, 6.07) is 9.22. The van der Waals surface area contributed by atoms with Gasteiger partial charge >= 0.3 is 0 Å². The largest absolute Gasteiger partial charge is 0.322 e. The maximum atomic E-state index is 12.1. The SMILES string of the molecule is Cl.O=C(Nc1ccc2c(c1)CNCC2)c1ccnc(Cl)c1. The predicted molar refractivity (Wildman–Crippen MR) is 86.3 cm³/mol. The maximum absolute atomic E-state index is 12.1. The molecule has 0 saturated carbocycles. The van der Waals surface area contributed by atoms with E-state index >= 15 is 0 Å². The summed E-state index contributed by atoms with van der Waals surface area (Å²) < 4.78 is 0. The van der Waals surface area contributed by atoms with Gasteiger partial charge in [0.1, 0.15) is 5.15 Å². The van der Waals surface area contributed by atoms with E-state index in [1.807, 2.05) is 12.1 Å². The summed E-state index contributed by atoms with van der Waals surface area (Å²) in [4.78, 5) is 16.0. The van der Waals surface area contributed by atoms with Crippen LogP contribution in [0.4, 0.5) is 5.69 Å². The number of fused-ring (bicyclic) bond motifs is 1. The molecular formula is C15H15Cl2N3O. The highest BCUT2D eigenvalue weighted by molar-refractivity contribution is 6.29. The van der Waals surface area contributed by atoms with Gasteiger partial charge in [0.2, 0.25) is 0 Å². The first-order valence-electron chi connectivity index (χ1n) is 6.48. The molecule has 2 N–H and O–H groups in total. The Morgan fingerprint density at radius 2 is 2.10 bits per heavy atom. The lowest BCUT2D eigenvalue weighted by atomic mass is 10.0. The van der Waals surface area contributed by atoms with Crippen LogP contribution in [0, 0.1) is 0 Å². The zero-order valence-electron chi connectivity index (χ0n) is 11.2. The highest BCUT2D eigenvalue weighted by atomic mass is 35.5. The normalized spacial score (nSPS) is 13.0. The van der Waals surface area contributed by atoms with Crippen molar-refractivity contribution in [2.75, 3.05) is 11.9 Å². The fourth-order valence-electron chi connectivity index (χ4n) is 2.31. The first-order valence-corrected chi connectivity index (χ1v) is 6.85. The first-order chi connectivity index (χ1) is 9.72. The van der Waals surface area contributed by atoms with Gasteiger partial charge in [-0.25, -0.2) is 4.98 Å². The lowest BCUT2D eigenvalue weighted by Crippen LogP contribution is -2.23. The molecule has 1 aliphatic heterocycles. The number of hydrogen-bond donors (Lipinski definition) is 2. The van der Waals surface area contributed by atoms with Crippen LogP contribution in [0.15, 0.2) is 36.5 Å². The van der Waals surface area contributed by atoms with Crippen molar-refractivity contribution in [2.24, 2.45) is 0 Å². The average molecular weight is 324 g/mol. The molecule has 2 aromatic rings. The topological polar surface area (TPSA) is 54.0 Å². The van der Waals surface area contributed by atoms with Crippen LogP contribution in [0.1, 0.15) is 21.5 Å². The number of halogens is 2. The Morgan fingerprint density at radius 3 is 2.90 bits per heavy atom. The highest BCUT2D eigenvalue weighted by Crippen LogP contribution is 2.19. The van der Waals surface area contributed by atoms with Crippen molar-refractivity contribution in [2.45, 2.75) is 13.0 Å². The van der Waals surface area contributed by atoms with Crippen molar-refractivity contribution in [3.8, 4) is 0 Å². The summed E-state index contributed by atoms with van der Waals surface area (Å²) in [6.45, 7) is 1.86. The number of anilines is 1. The Bertz CT molecular complexity index is 661. The Balaban J connectivity index is 0.00000161. The van der Waals surface area contributed by atoms with E-state index in [9.17, 15) is 4.79 Å². The number of carbonyl (C=O) groups excluding carboxylic acids is 1. The Kier molecular flexibility index (Phi) is 5.17. The smallest absolute Gasteiger partial charge is 0.255 e. The van der Waals surface area contributed by atoms with Crippen LogP contribution >= 0.6 is 24.0 Å². The molecule has 1 aromatic carbocycles. The number of nitrogens with zero attached hydrogens (tertiary/aromatic N) is 1. The van der Waals surface area contributed by atoms with Crippen LogP contribution in [0.5, 0.6) is 0 Å². The van der Waals surface area contributed by atoms with Gasteiger partial charge < -0.3 is 10.6 Å². The number of pyridine rings is 1. The Hall–Kier alpha value is -1.62. The third-order valence-electron chi connectivity index (χ3n) is 3.34. The maximum Gasteiger partial charge on any atom is 0.255 e. The third kappa shape index (κ3) is 3.73. The minimum Gasteiger partial charge on any atom is -0.322 e. The summed E-state index contributed by atoms with van der Waals surface area (Å²) >= 11 is 5.79. The molecule has 1 aliphatic rings. The molecule has 2 heterocycles.